The Balaban J connectivity index is 2.09. The van der Waals surface area contributed by atoms with Gasteiger partial charge in [0, 0.05) is 32.2 Å². The maximum absolute atomic E-state index is 13.2. The minimum atomic E-state index is -0.476. The SMILES string of the molecule is CCOCCCn1ccnc1Nc1c(Cl)cc(F)cc1Cl. The van der Waals surface area contributed by atoms with E-state index in [1.165, 1.54) is 12.1 Å². The fourth-order valence-corrected chi connectivity index (χ4v) is 2.42. The van der Waals surface area contributed by atoms with Crippen molar-refractivity contribution in [3.8, 4) is 0 Å². The monoisotopic (exact) mass is 331 g/mol. The predicted molar refractivity (Wildman–Crippen MR) is 83.0 cm³/mol. The molecule has 0 unspecified atom stereocenters. The zero-order valence-corrected chi connectivity index (χ0v) is 13.1. The quantitative estimate of drug-likeness (QED) is 0.759. The zero-order chi connectivity index (χ0) is 15.2. The average molecular weight is 332 g/mol. The molecule has 2 aromatic rings. The highest BCUT2D eigenvalue weighted by molar-refractivity contribution is 6.39. The normalized spacial score (nSPS) is 10.9. The Labute approximate surface area is 132 Å². The van der Waals surface area contributed by atoms with Crippen LogP contribution in [0, 0.1) is 5.82 Å². The molecule has 0 fully saturated rings. The summed E-state index contributed by atoms with van der Waals surface area (Å²) in [5, 5.41) is 3.46. The number of imidazole rings is 1. The van der Waals surface area contributed by atoms with Gasteiger partial charge in [-0.1, -0.05) is 23.2 Å². The van der Waals surface area contributed by atoms with Crippen LogP contribution in [0.1, 0.15) is 13.3 Å². The topological polar surface area (TPSA) is 39.1 Å². The molecule has 0 aliphatic rings. The van der Waals surface area contributed by atoms with Crippen molar-refractivity contribution >= 4 is 34.8 Å². The van der Waals surface area contributed by atoms with Crippen molar-refractivity contribution in [2.45, 2.75) is 19.9 Å². The van der Waals surface area contributed by atoms with Gasteiger partial charge in [0.15, 0.2) is 0 Å². The third kappa shape index (κ3) is 4.33. The lowest BCUT2D eigenvalue weighted by Gasteiger charge is -2.12. The number of hydrogen-bond donors (Lipinski definition) is 1. The Hall–Kier alpha value is -1.30. The van der Waals surface area contributed by atoms with Gasteiger partial charge in [0.1, 0.15) is 5.82 Å². The van der Waals surface area contributed by atoms with Crippen molar-refractivity contribution in [3.63, 3.8) is 0 Å². The Morgan fingerprint density at radius 2 is 2.05 bits per heavy atom. The number of anilines is 2. The van der Waals surface area contributed by atoms with Crippen LogP contribution in [0.25, 0.3) is 0 Å². The fourth-order valence-electron chi connectivity index (χ4n) is 1.87. The van der Waals surface area contributed by atoms with Gasteiger partial charge in [-0.05, 0) is 25.5 Å². The zero-order valence-electron chi connectivity index (χ0n) is 11.6. The Kier molecular flexibility index (Phi) is 5.85. The van der Waals surface area contributed by atoms with Crippen LogP contribution in [0.5, 0.6) is 0 Å². The number of hydrogen-bond acceptors (Lipinski definition) is 3. The number of nitrogens with one attached hydrogen (secondary N) is 1. The first-order valence-electron chi connectivity index (χ1n) is 6.62. The van der Waals surface area contributed by atoms with Crippen molar-refractivity contribution in [2.75, 3.05) is 18.5 Å². The first kappa shape index (κ1) is 16.1. The molecule has 0 aliphatic heterocycles. The number of halogens is 3. The first-order chi connectivity index (χ1) is 10.1. The molecule has 0 radical (unpaired) electrons. The van der Waals surface area contributed by atoms with Crippen LogP contribution >= 0.6 is 23.2 Å². The third-order valence-electron chi connectivity index (χ3n) is 2.85. The molecule has 1 aromatic carbocycles. The molecule has 7 heteroatoms. The number of nitrogens with zero attached hydrogens (tertiary/aromatic N) is 2. The van der Waals surface area contributed by atoms with E-state index in [-0.39, 0.29) is 10.0 Å². The summed E-state index contributed by atoms with van der Waals surface area (Å²) in [4.78, 5) is 4.22. The molecule has 4 nitrogen and oxygen atoms in total. The second kappa shape index (κ2) is 7.64. The minimum absolute atomic E-state index is 0.212. The Morgan fingerprint density at radius 3 is 2.71 bits per heavy atom. The molecule has 114 valence electrons. The van der Waals surface area contributed by atoms with Crippen LogP contribution in [-0.2, 0) is 11.3 Å². The number of aromatic nitrogens is 2. The van der Waals surface area contributed by atoms with Gasteiger partial charge >= 0.3 is 0 Å². The summed E-state index contributed by atoms with van der Waals surface area (Å²) >= 11 is 12.0. The van der Waals surface area contributed by atoms with Crippen LogP contribution in [0.3, 0.4) is 0 Å². The molecule has 2 rings (SSSR count). The lowest BCUT2D eigenvalue weighted by atomic mass is 10.3. The van der Waals surface area contributed by atoms with E-state index in [0.29, 0.717) is 24.8 Å². The first-order valence-corrected chi connectivity index (χ1v) is 7.38. The standard InChI is InChI=1S/C14H16Cl2FN3O/c1-2-21-7-3-5-20-6-4-18-14(20)19-13-11(15)8-10(17)9-12(13)16/h4,6,8-9H,2-3,5,7H2,1H3,(H,18,19). The van der Waals surface area contributed by atoms with Crippen molar-refractivity contribution in [1.82, 2.24) is 9.55 Å². The van der Waals surface area contributed by atoms with E-state index in [1.807, 2.05) is 17.7 Å². The molecular weight excluding hydrogens is 316 g/mol. The van der Waals surface area contributed by atoms with Crippen LogP contribution < -0.4 is 5.32 Å². The summed E-state index contributed by atoms with van der Waals surface area (Å²) in [5.74, 6) is 0.123. The van der Waals surface area contributed by atoms with Crippen molar-refractivity contribution in [3.05, 3.63) is 40.4 Å². The third-order valence-corrected chi connectivity index (χ3v) is 3.45. The van der Waals surface area contributed by atoms with E-state index in [9.17, 15) is 4.39 Å². The van der Waals surface area contributed by atoms with E-state index in [4.69, 9.17) is 27.9 Å². The van der Waals surface area contributed by atoms with Gasteiger partial charge in [0.2, 0.25) is 5.95 Å². The maximum Gasteiger partial charge on any atom is 0.207 e. The molecule has 0 saturated carbocycles. The summed E-state index contributed by atoms with van der Waals surface area (Å²) in [7, 11) is 0. The van der Waals surface area contributed by atoms with Gasteiger partial charge in [-0.3, -0.25) is 0 Å². The van der Waals surface area contributed by atoms with E-state index < -0.39 is 5.82 Å². The van der Waals surface area contributed by atoms with Crippen molar-refractivity contribution in [1.29, 1.82) is 0 Å². The van der Waals surface area contributed by atoms with Gasteiger partial charge in [-0.2, -0.15) is 0 Å². The second-order valence-corrected chi connectivity index (χ2v) is 5.18. The molecule has 0 aliphatic carbocycles. The predicted octanol–water partition coefficient (Wildman–Crippen LogP) is 4.50. The fraction of sp³-hybridized carbons (Fsp3) is 0.357. The van der Waals surface area contributed by atoms with Gasteiger partial charge in [0.05, 0.1) is 15.7 Å². The number of benzene rings is 1. The highest BCUT2D eigenvalue weighted by Gasteiger charge is 2.11. The minimum Gasteiger partial charge on any atom is -0.382 e. The van der Waals surface area contributed by atoms with Gasteiger partial charge in [0.25, 0.3) is 0 Å². The molecule has 0 spiro atoms. The van der Waals surface area contributed by atoms with Crippen LogP contribution in [0.4, 0.5) is 16.0 Å². The molecule has 0 bridgehead atoms. The molecule has 21 heavy (non-hydrogen) atoms. The van der Waals surface area contributed by atoms with Crippen molar-refractivity contribution < 1.29 is 9.13 Å². The maximum atomic E-state index is 13.2. The second-order valence-electron chi connectivity index (χ2n) is 4.36. The highest BCUT2D eigenvalue weighted by Crippen LogP contribution is 2.33. The average Bonchev–Trinajstić information content (AvgIpc) is 2.86. The number of ether oxygens (including phenoxy) is 1. The van der Waals surface area contributed by atoms with E-state index >= 15 is 0 Å². The molecule has 1 heterocycles. The van der Waals surface area contributed by atoms with Crippen molar-refractivity contribution in [2.24, 2.45) is 0 Å². The highest BCUT2D eigenvalue weighted by atomic mass is 35.5. The summed E-state index contributed by atoms with van der Waals surface area (Å²) in [6, 6.07) is 2.41. The molecule has 1 N–H and O–H groups in total. The van der Waals surface area contributed by atoms with E-state index in [0.717, 1.165) is 13.0 Å². The van der Waals surface area contributed by atoms with E-state index in [2.05, 4.69) is 10.3 Å². The van der Waals surface area contributed by atoms with Gasteiger partial charge in [-0.15, -0.1) is 0 Å². The number of aryl methyl sites for hydroxylation is 1. The summed E-state index contributed by atoms with van der Waals surface area (Å²) < 4.78 is 20.4. The van der Waals surface area contributed by atoms with Gasteiger partial charge < -0.3 is 14.6 Å². The summed E-state index contributed by atoms with van der Waals surface area (Å²) in [5.41, 5.74) is 0.442. The van der Waals surface area contributed by atoms with Crippen LogP contribution in [0.2, 0.25) is 10.0 Å². The van der Waals surface area contributed by atoms with E-state index in [1.54, 1.807) is 6.20 Å². The number of rotatable bonds is 7. The van der Waals surface area contributed by atoms with Crippen LogP contribution in [0.15, 0.2) is 24.5 Å². The Morgan fingerprint density at radius 1 is 1.33 bits per heavy atom. The summed E-state index contributed by atoms with van der Waals surface area (Å²) in [6.07, 6.45) is 4.39. The molecule has 0 saturated heterocycles. The molecule has 1 aromatic heterocycles. The molecule has 0 atom stereocenters. The molecular formula is C14H16Cl2FN3O. The Bertz CT molecular complexity index is 581. The summed E-state index contributed by atoms with van der Waals surface area (Å²) in [6.45, 7) is 4.10. The van der Waals surface area contributed by atoms with Crippen LogP contribution in [-0.4, -0.2) is 22.8 Å². The smallest absolute Gasteiger partial charge is 0.207 e. The molecule has 0 amide bonds. The lowest BCUT2D eigenvalue weighted by molar-refractivity contribution is 0.142. The largest absolute Gasteiger partial charge is 0.382 e. The van der Waals surface area contributed by atoms with Gasteiger partial charge in [-0.25, -0.2) is 9.37 Å². The lowest BCUT2D eigenvalue weighted by Crippen LogP contribution is -2.06.